The van der Waals surface area contributed by atoms with Crippen LogP contribution >= 0.6 is 0 Å². The summed E-state index contributed by atoms with van der Waals surface area (Å²) in [4.78, 5) is 31.5. The highest BCUT2D eigenvalue weighted by molar-refractivity contribution is 5.97. The number of nitrogens with zero attached hydrogens (tertiary/aromatic N) is 3. The summed E-state index contributed by atoms with van der Waals surface area (Å²) in [7, 11) is 5.75. The Morgan fingerprint density at radius 1 is 1.14 bits per heavy atom. The highest BCUT2D eigenvalue weighted by Crippen LogP contribution is 2.72. The Morgan fingerprint density at radius 3 is 2.65 bits per heavy atom. The first-order valence-corrected chi connectivity index (χ1v) is 14.1. The van der Waals surface area contributed by atoms with E-state index in [4.69, 9.17) is 0 Å². The summed E-state index contributed by atoms with van der Waals surface area (Å²) < 4.78 is 0. The first kappa shape index (κ1) is 24.7. The topological polar surface area (TPSA) is 64.1 Å². The number of fused-ring (bicyclic) bond motifs is 1. The van der Waals surface area contributed by atoms with Gasteiger partial charge >= 0.3 is 0 Å². The number of phenols is 1. The molecule has 1 aromatic carbocycles. The van der Waals surface area contributed by atoms with Gasteiger partial charge in [0.15, 0.2) is 0 Å². The molecule has 6 rings (SSSR count). The molecule has 0 spiro atoms. The van der Waals surface area contributed by atoms with Crippen LogP contribution in [0.15, 0.2) is 42.1 Å². The van der Waals surface area contributed by atoms with Crippen molar-refractivity contribution in [1.29, 1.82) is 0 Å². The average Bonchev–Trinajstić information content (AvgIpc) is 3.66. The highest BCUT2D eigenvalue weighted by Gasteiger charge is 2.71. The van der Waals surface area contributed by atoms with Crippen LogP contribution in [0.1, 0.15) is 56.1 Å². The summed E-state index contributed by atoms with van der Waals surface area (Å²) >= 11 is 0. The minimum absolute atomic E-state index is 0.00551. The first-order valence-electron chi connectivity index (χ1n) is 14.1. The molecule has 5 unspecified atom stereocenters. The van der Waals surface area contributed by atoms with Gasteiger partial charge in [-0.15, -0.1) is 0 Å². The summed E-state index contributed by atoms with van der Waals surface area (Å²) in [6, 6.07) is 6.81. The van der Waals surface area contributed by atoms with Crippen molar-refractivity contribution in [3.8, 4) is 5.75 Å². The van der Waals surface area contributed by atoms with E-state index in [2.05, 4.69) is 17.0 Å². The van der Waals surface area contributed by atoms with Gasteiger partial charge in [-0.1, -0.05) is 6.07 Å². The van der Waals surface area contributed by atoms with Crippen molar-refractivity contribution >= 4 is 12.2 Å². The van der Waals surface area contributed by atoms with Crippen LogP contribution in [0.2, 0.25) is 0 Å². The van der Waals surface area contributed by atoms with Crippen molar-refractivity contribution in [1.82, 2.24) is 14.7 Å². The maximum atomic E-state index is 13.8. The summed E-state index contributed by atoms with van der Waals surface area (Å²) in [6.07, 6.45) is 15.0. The fourth-order valence-electron chi connectivity index (χ4n) is 9.17. The number of carbonyl (C=O) groups excluding carboxylic acids is 2. The van der Waals surface area contributed by atoms with Gasteiger partial charge in [-0.3, -0.25) is 14.5 Å². The number of likely N-dealkylation sites (tertiary alicyclic amines) is 1. The SMILES string of the molecule is CN(C)/C=C(\C=C/C=O)C(=O)N(C)C1CCC23CCC1C21CCN(CC2CC2)C3Cc2ccc(O)cc21. The van der Waals surface area contributed by atoms with Gasteiger partial charge in [0, 0.05) is 51.4 Å². The fourth-order valence-corrected chi connectivity index (χ4v) is 9.17. The molecule has 5 aliphatic rings. The second-order valence-electron chi connectivity index (χ2n) is 12.6. The molecule has 1 aromatic rings. The number of hydrogen-bond donors (Lipinski definition) is 1. The van der Waals surface area contributed by atoms with E-state index in [0.717, 1.165) is 50.9 Å². The van der Waals surface area contributed by atoms with Gasteiger partial charge in [-0.2, -0.15) is 0 Å². The molecule has 1 amide bonds. The van der Waals surface area contributed by atoms with Gasteiger partial charge in [-0.05, 0) is 111 Å². The van der Waals surface area contributed by atoms with E-state index in [1.165, 1.54) is 43.0 Å². The van der Waals surface area contributed by atoms with E-state index in [-0.39, 0.29) is 22.8 Å². The molecule has 198 valence electrons. The number of carbonyl (C=O) groups is 2. The fraction of sp³-hybridized carbons (Fsp3) is 0.613. The van der Waals surface area contributed by atoms with Crippen LogP contribution in [0.25, 0.3) is 0 Å². The van der Waals surface area contributed by atoms with E-state index < -0.39 is 0 Å². The lowest BCUT2D eigenvalue weighted by atomic mass is 9.43. The number of likely N-dealkylation sites (N-methyl/N-ethyl adjacent to an activating group) is 1. The van der Waals surface area contributed by atoms with Crippen LogP contribution in [0.3, 0.4) is 0 Å². The van der Waals surface area contributed by atoms with Crippen molar-refractivity contribution < 1.29 is 14.7 Å². The summed E-state index contributed by atoms with van der Waals surface area (Å²) in [5, 5.41) is 10.6. The molecular formula is C31H41N3O3. The van der Waals surface area contributed by atoms with Crippen molar-refractivity contribution in [2.75, 3.05) is 34.2 Å². The number of benzene rings is 1. The van der Waals surface area contributed by atoms with E-state index in [1.54, 1.807) is 12.3 Å². The van der Waals surface area contributed by atoms with Gasteiger partial charge in [0.2, 0.25) is 0 Å². The van der Waals surface area contributed by atoms with E-state index >= 15 is 0 Å². The maximum Gasteiger partial charge on any atom is 0.255 e. The third kappa shape index (κ3) is 3.70. The number of allylic oxidation sites excluding steroid dienone is 1. The minimum Gasteiger partial charge on any atom is -0.508 e. The van der Waals surface area contributed by atoms with Crippen LogP contribution in [-0.2, 0) is 21.4 Å². The molecule has 3 saturated carbocycles. The van der Waals surface area contributed by atoms with Crippen LogP contribution in [0.5, 0.6) is 5.75 Å². The molecule has 6 nitrogen and oxygen atoms in total. The number of amides is 1. The van der Waals surface area contributed by atoms with Gasteiger partial charge in [-0.25, -0.2) is 0 Å². The lowest BCUT2D eigenvalue weighted by Gasteiger charge is -2.67. The second kappa shape index (κ2) is 9.00. The van der Waals surface area contributed by atoms with Gasteiger partial charge in [0.1, 0.15) is 12.0 Å². The van der Waals surface area contributed by atoms with Crippen molar-refractivity contribution in [3.05, 3.63) is 53.3 Å². The number of piperidine rings is 1. The third-order valence-corrected chi connectivity index (χ3v) is 10.6. The van der Waals surface area contributed by atoms with Crippen LogP contribution in [0.4, 0.5) is 0 Å². The lowest BCUT2D eigenvalue weighted by molar-refractivity contribution is -0.137. The zero-order valence-corrected chi connectivity index (χ0v) is 22.5. The Morgan fingerprint density at radius 2 is 1.92 bits per heavy atom. The standard InChI is InChI=1S/C31H41N3O3/c1-32(2)20-23(5-4-16-35)29(37)33(3)27-11-13-30-12-10-25(27)31(30)14-15-34(19-21-6-7-21)28(30)17-22-8-9-24(36)18-26(22)31/h4-5,8-9,16,18,20-21,25,27-28,36H,6-7,10-15,17,19H2,1-3H3/b5-4-,23-20+. The number of aldehydes is 1. The molecule has 1 saturated heterocycles. The number of hydrogen-bond acceptors (Lipinski definition) is 5. The summed E-state index contributed by atoms with van der Waals surface area (Å²) in [5.41, 5.74) is 3.54. The Balaban J connectivity index is 1.40. The van der Waals surface area contributed by atoms with Crippen LogP contribution in [-0.4, -0.2) is 78.3 Å². The maximum absolute atomic E-state index is 13.8. The quantitative estimate of drug-likeness (QED) is 0.348. The molecule has 1 N–H and O–H groups in total. The van der Waals surface area contributed by atoms with E-state index in [1.807, 2.05) is 37.0 Å². The van der Waals surface area contributed by atoms with Gasteiger partial charge < -0.3 is 14.9 Å². The second-order valence-corrected chi connectivity index (χ2v) is 12.6. The molecule has 37 heavy (non-hydrogen) atoms. The number of rotatable bonds is 7. The molecule has 4 fully saturated rings. The molecule has 4 bridgehead atoms. The van der Waals surface area contributed by atoms with Crippen LogP contribution < -0.4 is 0 Å². The monoisotopic (exact) mass is 503 g/mol. The van der Waals surface area contributed by atoms with Gasteiger partial charge in [0.05, 0.1) is 5.57 Å². The number of aromatic hydroxyl groups is 1. The van der Waals surface area contributed by atoms with E-state index in [9.17, 15) is 14.7 Å². The zero-order valence-electron chi connectivity index (χ0n) is 22.5. The third-order valence-electron chi connectivity index (χ3n) is 10.6. The molecule has 1 aliphatic heterocycles. The predicted octanol–water partition coefficient (Wildman–Crippen LogP) is 3.89. The van der Waals surface area contributed by atoms with E-state index in [0.29, 0.717) is 23.3 Å². The first-order chi connectivity index (χ1) is 17.8. The largest absolute Gasteiger partial charge is 0.508 e. The molecule has 0 aromatic heterocycles. The zero-order chi connectivity index (χ0) is 25.9. The number of phenolic OH excluding ortho intramolecular Hbond substituents is 1. The Bertz CT molecular complexity index is 1150. The molecule has 1 heterocycles. The summed E-state index contributed by atoms with van der Waals surface area (Å²) in [5.74, 6) is 1.59. The highest BCUT2D eigenvalue weighted by atomic mass is 16.3. The lowest BCUT2D eigenvalue weighted by Crippen LogP contribution is -2.70. The Kier molecular flexibility index (Phi) is 6.02. The van der Waals surface area contributed by atoms with Crippen molar-refractivity contribution in [2.45, 2.75) is 68.9 Å². The average molecular weight is 504 g/mol. The molecule has 0 radical (unpaired) electrons. The molecule has 5 atom stereocenters. The van der Waals surface area contributed by atoms with Gasteiger partial charge in [0.25, 0.3) is 5.91 Å². The minimum atomic E-state index is -0.0257. The molecule has 6 heteroatoms. The Hall–Kier alpha value is -2.60. The van der Waals surface area contributed by atoms with Crippen molar-refractivity contribution in [3.63, 3.8) is 0 Å². The van der Waals surface area contributed by atoms with Crippen molar-refractivity contribution in [2.24, 2.45) is 17.3 Å². The predicted molar refractivity (Wildman–Crippen MR) is 144 cm³/mol. The molecule has 4 aliphatic carbocycles. The normalized spacial score (nSPS) is 34.7. The summed E-state index contributed by atoms with van der Waals surface area (Å²) in [6.45, 7) is 2.36. The smallest absolute Gasteiger partial charge is 0.255 e. The molecular weight excluding hydrogens is 462 g/mol. The Labute approximate surface area is 221 Å². The van der Waals surface area contributed by atoms with Crippen LogP contribution in [0, 0.1) is 17.3 Å².